The van der Waals surface area contributed by atoms with Gasteiger partial charge in [0, 0.05) is 7.05 Å². The van der Waals surface area contributed by atoms with Crippen LogP contribution in [0.25, 0.3) is 17.1 Å². The molecule has 1 aliphatic carbocycles. The molecule has 0 atom stereocenters. The Labute approximate surface area is 124 Å². The summed E-state index contributed by atoms with van der Waals surface area (Å²) in [5.74, 6) is 0.969. The van der Waals surface area contributed by atoms with E-state index in [0.29, 0.717) is 5.57 Å². The Balaban J connectivity index is 2.17. The zero-order valence-electron chi connectivity index (χ0n) is 12.8. The van der Waals surface area contributed by atoms with Gasteiger partial charge in [-0.15, -0.1) is 0 Å². The third-order valence-electron chi connectivity index (χ3n) is 4.53. The molecule has 0 amide bonds. The van der Waals surface area contributed by atoms with Gasteiger partial charge in [0.05, 0.1) is 16.6 Å². The van der Waals surface area contributed by atoms with Crippen molar-refractivity contribution in [3.8, 4) is 0 Å². The molecule has 3 rings (SSSR count). The number of hydrogen-bond acceptors (Lipinski definition) is 3. The highest BCUT2D eigenvalue weighted by molar-refractivity contribution is 5.85. The minimum atomic E-state index is -0.267. The number of hydrogen-bond donors (Lipinski definition) is 1. The van der Waals surface area contributed by atoms with Crippen LogP contribution < -0.4 is 5.73 Å². The van der Waals surface area contributed by atoms with Gasteiger partial charge in [-0.3, -0.25) is 4.79 Å². The predicted molar refractivity (Wildman–Crippen MR) is 84.9 cm³/mol. The summed E-state index contributed by atoms with van der Waals surface area (Å²) in [5, 5.41) is 0. The molecule has 1 fully saturated rings. The Kier molecular flexibility index (Phi) is 3.21. The Morgan fingerprint density at radius 2 is 2.14 bits per heavy atom. The van der Waals surface area contributed by atoms with Gasteiger partial charge >= 0.3 is 0 Å². The molecule has 0 radical (unpaired) electrons. The summed E-state index contributed by atoms with van der Waals surface area (Å²) >= 11 is 0. The third kappa shape index (κ3) is 2.20. The van der Waals surface area contributed by atoms with Gasteiger partial charge in [-0.25, -0.2) is 4.98 Å². The van der Waals surface area contributed by atoms with Crippen molar-refractivity contribution in [3.05, 3.63) is 34.7 Å². The second-order valence-electron chi connectivity index (χ2n) is 6.21. The van der Waals surface area contributed by atoms with Gasteiger partial charge in [0.15, 0.2) is 0 Å². The van der Waals surface area contributed by atoms with Crippen molar-refractivity contribution in [2.75, 3.05) is 0 Å². The first-order valence-electron chi connectivity index (χ1n) is 7.34. The zero-order chi connectivity index (χ0) is 15.2. The van der Waals surface area contributed by atoms with E-state index in [1.807, 2.05) is 27.0 Å². The molecule has 4 heteroatoms. The average molecular weight is 283 g/mol. The number of aromatic nitrogens is 2. The van der Waals surface area contributed by atoms with E-state index in [0.717, 1.165) is 47.1 Å². The van der Waals surface area contributed by atoms with Gasteiger partial charge in [0.1, 0.15) is 12.1 Å². The van der Waals surface area contributed by atoms with Crippen molar-refractivity contribution >= 4 is 23.4 Å². The molecule has 1 aliphatic rings. The molecule has 0 spiro atoms. The molecule has 21 heavy (non-hydrogen) atoms. The summed E-state index contributed by atoms with van der Waals surface area (Å²) in [6, 6.07) is 4.17. The average Bonchev–Trinajstić information content (AvgIpc) is 2.73. The molecule has 4 nitrogen and oxygen atoms in total. The Hall–Kier alpha value is -1.94. The first-order valence-corrected chi connectivity index (χ1v) is 7.34. The van der Waals surface area contributed by atoms with Crippen molar-refractivity contribution < 1.29 is 4.79 Å². The number of nitrogens with zero attached hydrogens (tertiary/aromatic N) is 2. The molecule has 1 heterocycles. The summed E-state index contributed by atoms with van der Waals surface area (Å²) < 4.78 is 2.10. The van der Waals surface area contributed by atoms with E-state index in [-0.39, 0.29) is 5.54 Å². The summed E-state index contributed by atoms with van der Waals surface area (Å²) in [6.45, 7) is 3.85. The molecule has 0 saturated heterocycles. The fraction of sp³-hybridized carbons (Fsp3) is 0.412. The minimum absolute atomic E-state index is 0.267. The van der Waals surface area contributed by atoms with Gasteiger partial charge in [0.25, 0.3) is 0 Å². The lowest BCUT2D eigenvalue weighted by Crippen LogP contribution is -2.45. The number of aldehydes is 1. The molecule has 0 unspecified atom stereocenters. The Morgan fingerprint density at radius 1 is 1.43 bits per heavy atom. The van der Waals surface area contributed by atoms with Crippen molar-refractivity contribution in [1.29, 1.82) is 0 Å². The van der Waals surface area contributed by atoms with E-state index in [2.05, 4.69) is 16.7 Å². The van der Waals surface area contributed by atoms with Crippen molar-refractivity contribution in [1.82, 2.24) is 9.55 Å². The van der Waals surface area contributed by atoms with Gasteiger partial charge < -0.3 is 10.3 Å². The van der Waals surface area contributed by atoms with Crippen molar-refractivity contribution in [2.45, 2.75) is 38.6 Å². The van der Waals surface area contributed by atoms with E-state index in [4.69, 9.17) is 10.7 Å². The van der Waals surface area contributed by atoms with Crippen LogP contribution in [0, 0.1) is 6.92 Å². The molecule has 0 aliphatic heterocycles. The first-order chi connectivity index (χ1) is 9.94. The quantitative estimate of drug-likeness (QED) is 0.696. The zero-order valence-corrected chi connectivity index (χ0v) is 12.8. The molecule has 110 valence electrons. The van der Waals surface area contributed by atoms with Crippen LogP contribution in [0.1, 0.15) is 43.1 Å². The largest absolute Gasteiger partial charge is 0.330 e. The van der Waals surface area contributed by atoms with Gasteiger partial charge in [-0.05, 0) is 68.0 Å². The van der Waals surface area contributed by atoms with Crippen LogP contribution in [0.5, 0.6) is 0 Å². The minimum Gasteiger partial charge on any atom is -0.330 e. The lowest BCUT2D eigenvalue weighted by atomic mass is 9.77. The molecule has 1 aromatic carbocycles. The van der Waals surface area contributed by atoms with Crippen LogP contribution in [0.2, 0.25) is 0 Å². The van der Waals surface area contributed by atoms with Crippen LogP contribution in [0.3, 0.4) is 0 Å². The lowest BCUT2D eigenvalue weighted by molar-refractivity contribution is -0.104. The number of rotatable bonds is 3. The normalized spacial score (nSPS) is 17.8. The highest BCUT2D eigenvalue weighted by atomic mass is 16.1. The summed E-state index contributed by atoms with van der Waals surface area (Å²) in [6.07, 6.45) is 5.96. The number of carbonyl (C=O) groups excluding carboxylic acids is 1. The number of allylic oxidation sites excluding steroid dienone is 1. The maximum atomic E-state index is 10.8. The fourth-order valence-electron chi connectivity index (χ4n) is 3.02. The van der Waals surface area contributed by atoms with E-state index < -0.39 is 0 Å². The van der Waals surface area contributed by atoms with Crippen molar-refractivity contribution in [2.24, 2.45) is 12.8 Å². The maximum absolute atomic E-state index is 10.8. The number of aryl methyl sites for hydroxylation is 2. The van der Waals surface area contributed by atoms with E-state index in [1.54, 1.807) is 0 Å². The number of carbonyl (C=O) groups is 1. The molecule has 0 bridgehead atoms. The lowest BCUT2D eigenvalue weighted by Gasteiger charge is -2.37. The molecule has 1 aromatic heterocycles. The maximum Gasteiger partial charge on any atom is 0.145 e. The van der Waals surface area contributed by atoms with Gasteiger partial charge in [-0.2, -0.15) is 0 Å². The fourth-order valence-corrected chi connectivity index (χ4v) is 3.02. The van der Waals surface area contributed by atoms with Gasteiger partial charge in [-0.1, -0.05) is 0 Å². The van der Waals surface area contributed by atoms with Gasteiger partial charge in [0.2, 0.25) is 0 Å². The van der Waals surface area contributed by atoms with E-state index in [1.165, 1.54) is 6.42 Å². The second-order valence-corrected chi connectivity index (χ2v) is 6.21. The van der Waals surface area contributed by atoms with Crippen LogP contribution in [0.4, 0.5) is 0 Å². The summed E-state index contributed by atoms with van der Waals surface area (Å²) in [7, 11) is 2.02. The Bertz CT molecular complexity index is 751. The Morgan fingerprint density at radius 3 is 2.71 bits per heavy atom. The predicted octanol–water partition coefficient (Wildman–Crippen LogP) is 2.82. The van der Waals surface area contributed by atoms with E-state index >= 15 is 0 Å². The van der Waals surface area contributed by atoms with Crippen LogP contribution in [-0.4, -0.2) is 15.8 Å². The number of nitrogens with two attached hydrogens (primary N) is 1. The molecule has 2 aromatic rings. The monoisotopic (exact) mass is 283 g/mol. The SMILES string of the molecule is C/C(C=O)=C\c1cc2c(cc1C)nc(C1(N)CCC1)n2C. The molecule has 1 saturated carbocycles. The number of fused-ring (bicyclic) bond motifs is 1. The number of imidazole rings is 1. The van der Waals surface area contributed by atoms with Crippen LogP contribution in [0.15, 0.2) is 17.7 Å². The highest BCUT2D eigenvalue weighted by Gasteiger charge is 2.38. The first kappa shape index (κ1) is 14.0. The molecular formula is C17H21N3O. The smallest absolute Gasteiger partial charge is 0.145 e. The number of benzene rings is 1. The topological polar surface area (TPSA) is 60.9 Å². The van der Waals surface area contributed by atoms with Crippen molar-refractivity contribution in [3.63, 3.8) is 0 Å². The van der Waals surface area contributed by atoms with Crippen LogP contribution in [-0.2, 0) is 17.4 Å². The third-order valence-corrected chi connectivity index (χ3v) is 4.53. The molecule has 2 N–H and O–H groups in total. The molecular weight excluding hydrogens is 262 g/mol. The van der Waals surface area contributed by atoms with E-state index in [9.17, 15) is 4.79 Å². The summed E-state index contributed by atoms with van der Waals surface area (Å²) in [5.41, 5.74) is 11.1. The second kappa shape index (κ2) is 4.81. The summed E-state index contributed by atoms with van der Waals surface area (Å²) in [4.78, 5) is 15.6. The highest BCUT2D eigenvalue weighted by Crippen LogP contribution is 2.39. The van der Waals surface area contributed by atoms with Crippen LogP contribution >= 0.6 is 0 Å². The standard InChI is InChI=1S/C17H21N3O/c1-11(10-21)7-13-9-15-14(8-12(13)2)19-16(20(15)3)17(18)5-4-6-17/h7-10H,4-6,18H2,1-3H3/b11-7+.